The Morgan fingerprint density at radius 2 is 1.81 bits per heavy atom. The highest BCUT2D eigenvalue weighted by Crippen LogP contribution is 2.25. The molecule has 1 aliphatic heterocycles. The van der Waals surface area contributed by atoms with Gasteiger partial charge in [-0.25, -0.2) is 4.68 Å². The van der Waals surface area contributed by atoms with Crippen LogP contribution in [0.2, 0.25) is 0 Å². The fourth-order valence-electron chi connectivity index (χ4n) is 3.52. The number of amides is 1. The quantitative estimate of drug-likeness (QED) is 0.702. The summed E-state index contributed by atoms with van der Waals surface area (Å²) in [7, 11) is 2.05. The zero-order valence-electron chi connectivity index (χ0n) is 15.2. The monoisotopic (exact) mass is 363 g/mol. The Morgan fingerprint density at radius 3 is 2.63 bits per heavy atom. The molecule has 0 spiro atoms. The number of rotatable bonds is 3. The fourth-order valence-corrected chi connectivity index (χ4v) is 3.52. The van der Waals surface area contributed by atoms with Crippen LogP contribution in [0.3, 0.4) is 0 Å². The van der Waals surface area contributed by atoms with Crippen LogP contribution in [-0.4, -0.2) is 57.4 Å². The van der Waals surface area contributed by atoms with Crippen LogP contribution in [0, 0.1) is 0 Å². The molecule has 0 bridgehead atoms. The maximum absolute atomic E-state index is 13.0. The lowest BCUT2D eigenvalue weighted by molar-refractivity contribution is -0.137. The Labute approximate surface area is 156 Å². The van der Waals surface area contributed by atoms with Crippen LogP contribution in [0.5, 0.6) is 0 Å². The molecule has 0 N–H and O–H groups in total. The Morgan fingerprint density at radius 1 is 1.07 bits per heavy atom. The number of likely N-dealkylation sites (N-methyl/N-ethyl adjacent to an activating group) is 1. The Balaban J connectivity index is 1.61. The highest BCUT2D eigenvalue weighted by molar-refractivity contribution is 5.78. The van der Waals surface area contributed by atoms with Gasteiger partial charge < -0.3 is 9.80 Å². The summed E-state index contributed by atoms with van der Waals surface area (Å²) < 4.78 is 1.16. The third-order valence-electron chi connectivity index (χ3n) is 5.00. The highest BCUT2D eigenvalue weighted by Gasteiger charge is 2.30. The van der Waals surface area contributed by atoms with Crippen molar-refractivity contribution in [1.82, 2.24) is 24.8 Å². The molecule has 0 saturated carbocycles. The van der Waals surface area contributed by atoms with Gasteiger partial charge in [0.1, 0.15) is 12.1 Å². The molecule has 2 heterocycles. The molecule has 7 nitrogen and oxygen atoms in total. The summed E-state index contributed by atoms with van der Waals surface area (Å²) in [4.78, 5) is 29.7. The molecule has 2 aromatic carbocycles. The number of nitrogens with zero attached hydrogens (tertiary/aromatic N) is 5. The van der Waals surface area contributed by atoms with Gasteiger partial charge in [-0.05, 0) is 24.7 Å². The number of aromatic nitrogens is 3. The topological polar surface area (TPSA) is 71.3 Å². The molecule has 1 aromatic heterocycles. The Bertz CT molecular complexity index is 1020. The highest BCUT2D eigenvalue weighted by atomic mass is 16.2. The van der Waals surface area contributed by atoms with Crippen LogP contribution >= 0.6 is 0 Å². The number of fused-ring (bicyclic) bond motifs is 1. The maximum atomic E-state index is 13.0. The molecule has 7 heteroatoms. The van der Waals surface area contributed by atoms with Gasteiger partial charge in [0.15, 0.2) is 0 Å². The first-order valence-electron chi connectivity index (χ1n) is 8.99. The molecule has 27 heavy (non-hydrogen) atoms. The number of hydrogen-bond acceptors (Lipinski definition) is 5. The molecule has 138 valence electrons. The molecular formula is C20H21N5O2. The zero-order chi connectivity index (χ0) is 18.8. The van der Waals surface area contributed by atoms with E-state index < -0.39 is 0 Å². The van der Waals surface area contributed by atoms with E-state index in [1.807, 2.05) is 35.2 Å². The summed E-state index contributed by atoms with van der Waals surface area (Å²) in [6.45, 7) is 2.07. The summed E-state index contributed by atoms with van der Waals surface area (Å²) in [5, 5.41) is 8.48. The van der Waals surface area contributed by atoms with Crippen molar-refractivity contribution < 1.29 is 4.79 Å². The average molecular weight is 363 g/mol. The second kappa shape index (κ2) is 7.28. The number of carbonyl (C=O) groups is 1. The van der Waals surface area contributed by atoms with Crippen molar-refractivity contribution in [3.63, 3.8) is 0 Å². The third kappa shape index (κ3) is 3.46. The number of carbonyl (C=O) groups excluding carboxylic acids is 1. The largest absolute Gasteiger partial charge is 0.331 e. The third-order valence-corrected chi connectivity index (χ3v) is 5.00. The minimum atomic E-state index is -0.292. The molecule has 1 fully saturated rings. The van der Waals surface area contributed by atoms with Gasteiger partial charge in [0.2, 0.25) is 5.91 Å². The van der Waals surface area contributed by atoms with Crippen molar-refractivity contribution in [2.75, 3.05) is 26.7 Å². The number of hydrogen-bond donors (Lipinski definition) is 0. The van der Waals surface area contributed by atoms with Gasteiger partial charge in [-0.3, -0.25) is 9.59 Å². The van der Waals surface area contributed by atoms with Gasteiger partial charge in [-0.1, -0.05) is 47.7 Å². The predicted molar refractivity (Wildman–Crippen MR) is 102 cm³/mol. The average Bonchev–Trinajstić information content (AvgIpc) is 2.71. The van der Waals surface area contributed by atoms with E-state index >= 15 is 0 Å². The van der Waals surface area contributed by atoms with E-state index in [2.05, 4.69) is 22.3 Å². The van der Waals surface area contributed by atoms with Gasteiger partial charge in [-0.15, -0.1) is 5.10 Å². The fraction of sp³-hybridized carbons (Fsp3) is 0.300. The van der Waals surface area contributed by atoms with Gasteiger partial charge in [-0.2, -0.15) is 0 Å². The molecule has 4 rings (SSSR count). The lowest BCUT2D eigenvalue weighted by atomic mass is 10.0. The normalized spacial score (nSPS) is 18.0. The van der Waals surface area contributed by atoms with E-state index in [-0.39, 0.29) is 24.1 Å². The number of piperazine rings is 1. The minimum Gasteiger partial charge on any atom is -0.331 e. The van der Waals surface area contributed by atoms with Gasteiger partial charge in [0, 0.05) is 19.6 Å². The first-order valence-corrected chi connectivity index (χ1v) is 8.99. The van der Waals surface area contributed by atoms with E-state index in [1.165, 1.54) is 0 Å². The van der Waals surface area contributed by atoms with E-state index in [0.717, 1.165) is 23.3 Å². The van der Waals surface area contributed by atoms with Gasteiger partial charge in [0.25, 0.3) is 5.56 Å². The summed E-state index contributed by atoms with van der Waals surface area (Å²) in [6.07, 6.45) is 0. The molecule has 1 saturated heterocycles. The van der Waals surface area contributed by atoms with Crippen molar-refractivity contribution in [1.29, 1.82) is 0 Å². The smallest absolute Gasteiger partial charge is 0.278 e. The summed E-state index contributed by atoms with van der Waals surface area (Å²) in [5.74, 6) is -0.122. The minimum absolute atomic E-state index is 0.0402. The predicted octanol–water partition coefficient (Wildman–Crippen LogP) is 1.31. The first kappa shape index (κ1) is 17.4. The van der Waals surface area contributed by atoms with E-state index in [0.29, 0.717) is 17.4 Å². The Kier molecular flexibility index (Phi) is 4.68. The van der Waals surface area contributed by atoms with Gasteiger partial charge in [0.05, 0.1) is 11.4 Å². The second-order valence-corrected chi connectivity index (χ2v) is 6.85. The lowest BCUT2D eigenvalue weighted by Crippen LogP contribution is -2.50. The molecule has 3 aromatic rings. The van der Waals surface area contributed by atoms with Crippen molar-refractivity contribution >= 4 is 16.8 Å². The van der Waals surface area contributed by atoms with Gasteiger partial charge >= 0.3 is 0 Å². The van der Waals surface area contributed by atoms with Crippen molar-refractivity contribution in [3.8, 4) is 0 Å². The van der Waals surface area contributed by atoms with E-state index in [4.69, 9.17) is 0 Å². The molecule has 0 aliphatic carbocycles. The van der Waals surface area contributed by atoms with Crippen molar-refractivity contribution in [2.24, 2.45) is 0 Å². The van der Waals surface area contributed by atoms with Crippen molar-refractivity contribution in [3.05, 3.63) is 70.5 Å². The molecular weight excluding hydrogens is 342 g/mol. The molecule has 1 atom stereocenters. The van der Waals surface area contributed by atoms with E-state index in [9.17, 15) is 9.59 Å². The van der Waals surface area contributed by atoms with E-state index in [1.54, 1.807) is 24.3 Å². The van der Waals surface area contributed by atoms with Crippen LogP contribution in [0.1, 0.15) is 11.6 Å². The summed E-state index contributed by atoms with van der Waals surface area (Å²) in [6, 6.07) is 17.0. The zero-order valence-corrected chi connectivity index (χ0v) is 15.2. The molecule has 1 aliphatic rings. The molecule has 1 amide bonds. The number of benzene rings is 2. The second-order valence-electron chi connectivity index (χ2n) is 6.85. The van der Waals surface area contributed by atoms with Crippen molar-refractivity contribution in [2.45, 2.75) is 12.6 Å². The van der Waals surface area contributed by atoms with Crippen LogP contribution in [-0.2, 0) is 11.3 Å². The van der Waals surface area contributed by atoms with Crippen LogP contribution in [0.25, 0.3) is 10.9 Å². The summed E-state index contributed by atoms with van der Waals surface area (Å²) >= 11 is 0. The maximum Gasteiger partial charge on any atom is 0.278 e. The lowest BCUT2D eigenvalue weighted by Gasteiger charge is -2.40. The molecule has 1 unspecified atom stereocenters. The van der Waals surface area contributed by atoms with Crippen LogP contribution in [0.15, 0.2) is 59.4 Å². The standard InChI is InChI=1S/C20H21N5O2/c1-23-11-12-24(18(13-23)15-7-3-2-4-8-15)19(26)14-25-20(27)16-9-5-6-10-17(16)21-22-25/h2-10,18H,11-14H2,1H3. The first-order chi connectivity index (χ1) is 13.1. The van der Waals surface area contributed by atoms with Crippen LogP contribution in [0.4, 0.5) is 0 Å². The molecule has 0 radical (unpaired) electrons. The SMILES string of the molecule is CN1CCN(C(=O)Cn2nnc3ccccc3c2=O)C(c2ccccc2)C1. The Hall–Kier alpha value is -3.06. The summed E-state index contributed by atoms with van der Waals surface area (Å²) in [5.41, 5.74) is 1.33. The van der Waals surface area contributed by atoms with Crippen LogP contribution < -0.4 is 5.56 Å².